The maximum atomic E-state index is 12.5. The molecular formula is C17H24N4O4. The van der Waals surface area contributed by atoms with Crippen molar-refractivity contribution in [1.29, 1.82) is 0 Å². The lowest BCUT2D eigenvalue weighted by Crippen LogP contribution is -2.53. The summed E-state index contributed by atoms with van der Waals surface area (Å²) in [5.74, 6) is -0.287. The zero-order valence-corrected chi connectivity index (χ0v) is 14.7. The van der Waals surface area contributed by atoms with Gasteiger partial charge in [0.25, 0.3) is 0 Å². The van der Waals surface area contributed by atoms with Crippen LogP contribution in [0.2, 0.25) is 0 Å². The minimum absolute atomic E-state index is 0.0175. The molecule has 2 rings (SSSR count). The van der Waals surface area contributed by atoms with Crippen molar-refractivity contribution in [3.8, 4) is 0 Å². The van der Waals surface area contributed by atoms with E-state index in [1.165, 1.54) is 11.8 Å². The number of hydrogen-bond donors (Lipinski definition) is 0. The van der Waals surface area contributed by atoms with E-state index in [0.717, 1.165) is 5.56 Å². The van der Waals surface area contributed by atoms with Gasteiger partial charge in [-0.05, 0) is 18.6 Å². The molecule has 0 aliphatic carbocycles. The maximum Gasteiger partial charge on any atom is 0.409 e. The number of ether oxygens (including phenoxy) is 1. The number of amides is 3. The highest BCUT2D eigenvalue weighted by Crippen LogP contribution is 2.08. The van der Waals surface area contributed by atoms with Gasteiger partial charge in [0.2, 0.25) is 11.8 Å². The van der Waals surface area contributed by atoms with E-state index in [1.807, 2.05) is 6.07 Å². The summed E-state index contributed by atoms with van der Waals surface area (Å²) < 4.78 is 4.96. The maximum absolute atomic E-state index is 12.5. The number of pyridine rings is 1. The van der Waals surface area contributed by atoms with E-state index < -0.39 is 0 Å². The molecule has 1 saturated heterocycles. The second-order valence-corrected chi connectivity index (χ2v) is 5.80. The highest BCUT2D eigenvalue weighted by molar-refractivity contribution is 5.84. The van der Waals surface area contributed by atoms with Crippen LogP contribution in [-0.4, -0.2) is 76.9 Å². The molecule has 1 fully saturated rings. The van der Waals surface area contributed by atoms with E-state index >= 15 is 0 Å². The molecular weight excluding hydrogens is 324 g/mol. The summed E-state index contributed by atoms with van der Waals surface area (Å²) in [6, 6.07) is 3.66. The molecule has 8 nitrogen and oxygen atoms in total. The van der Waals surface area contributed by atoms with Gasteiger partial charge < -0.3 is 19.4 Å². The largest absolute Gasteiger partial charge is 0.450 e. The Kier molecular flexibility index (Phi) is 6.73. The van der Waals surface area contributed by atoms with E-state index in [4.69, 9.17) is 4.74 Å². The van der Waals surface area contributed by atoms with Crippen molar-refractivity contribution < 1.29 is 19.1 Å². The first-order valence-electron chi connectivity index (χ1n) is 8.35. The molecule has 0 radical (unpaired) electrons. The molecule has 0 bridgehead atoms. The van der Waals surface area contributed by atoms with Gasteiger partial charge in [0, 0.05) is 52.0 Å². The first-order valence-corrected chi connectivity index (χ1v) is 8.35. The number of aromatic nitrogens is 1. The molecule has 25 heavy (non-hydrogen) atoms. The van der Waals surface area contributed by atoms with Gasteiger partial charge in [-0.1, -0.05) is 6.07 Å². The van der Waals surface area contributed by atoms with Crippen molar-refractivity contribution in [2.45, 2.75) is 20.4 Å². The number of carbonyl (C=O) groups excluding carboxylic acids is 3. The fraction of sp³-hybridized carbons (Fsp3) is 0.529. The standard InChI is InChI=1S/C17H24N4O4/c1-3-25-17(24)20-9-7-19(8-10-20)16(23)13-21(14(2)22)12-15-5-4-6-18-11-15/h4-6,11H,3,7-10,12-13H2,1-2H3. The first-order chi connectivity index (χ1) is 12.0. The van der Waals surface area contributed by atoms with Crippen LogP contribution in [0.15, 0.2) is 24.5 Å². The Hall–Kier alpha value is -2.64. The van der Waals surface area contributed by atoms with Crippen molar-refractivity contribution in [3.63, 3.8) is 0 Å². The van der Waals surface area contributed by atoms with Crippen LogP contribution in [0.5, 0.6) is 0 Å². The normalized spacial score (nSPS) is 14.2. The van der Waals surface area contributed by atoms with E-state index in [1.54, 1.807) is 35.2 Å². The average Bonchev–Trinajstić information content (AvgIpc) is 2.62. The van der Waals surface area contributed by atoms with E-state index in [9.17, 15) is 14.4 Å². The number of rotatable bonds is 5. The van der Waals surface area contributed by atoms with E-state index in [0.29, 0.717) is 39.3 Å². The fourth-order valence-corrected chi connectivity index (χ4v) is 2.61. The van der Waals surface area contributed by atoms with Gasteiger partial charge in [-0.15, -0.1) is 0 Å². The first kappa shape index (κ1) is 18.7. The fourth-order valence-electron chi connectivity index (χ4n) is 2.61. The summed E-state index contributed by atoms with van der Waals surface area (Å²) in [5.41, 5.74) is 0.873. The SMILES string of the molecule is CCOC(=O)N1CCN(C(=O)CN(Cc2cccnc2)C(C)=O)CC1. The zero-order valence-electron chi connectivity index (χ0n) is 14.7. The smallest absolute Gasteiger partial charge is 0.409 e. The van der Waals surface area contributed by atoms with Gasteiger partial charge in [0.05, 0.1) is 6.61 Å². The molecule has 0 N–H and O–H groups in total. The molecule has 0 aromatic carbocycles. The van der Waals surface area contributed by atoms with Crippen LogP contribution >= 0.6 is 0 Å². The van der Waals surface area contributed by atoms with Crippen LogP contribution in [0.4, 0.5) is 4.79 Å². The second kappa shape index (κ2) is 9.00. The molecule has 2 heterocycles. The minimum atomic E-state index is -0.350. The Morgan fingerprint density at radius 3 is 2.44 bits per heavy atom. The Bertz CT molecular complexity index is 600. The molecule has 0 saturated carbocycles. The molecule has 3 amide bonds. The van der Waals surface area contributed by atoms with Gasteiger partial charge in [0.15, 0.2) is 0 Å². The Morgan fingerprint density at radius 1 is 1.20 bits per heavy atom. The van der Waals surface area contributed by atoms with Gasteiger partial charge in [0.1, 0.15) is 6.54 Å². The third kappa shape index (κ3) is 5.44. The average molecular weight is 348 g/mol. The summed E-state index contributed by atoms with van der Waals surface area (Å²) in [4.78, 5) is 44.8. The van der Waals surface area contributed by atoms with Gasteiger partial charge in [-0.2, -0.15) is 0 Å². The predicted molar refractivity (Wildman–Crippen MR) is 90.5 cm³/mol. The monoisotopic (exact) mass is 348 g/mol. The highest BCUT2D eigenvalue weighted by Gasteiger charge is 2.26. The summed E-state index contributed by atoms with van der Waals surface area (Å²) >= 11 is 0. The number of carbonyl (C=O) groups is 3. The second-order valence-electron chi connectivity index (χ2n) is 5.80. The van der Waals surface area contributed by atoms with Crippen LogP contribution in [0.3, 0.4) is 0 Å². The Labute approximate surface area is 147 Å². The Morgan fingerprint density at radius 2 is 1.88 bits per heavy atom. The van der Waals surface area contributed by atoms with E-state index in [-0.39, 0.29) is 24.5 Å². The summed E-state index contributed by atoms with van der Waals surface area (Å²) in [7, 11) is 0. The highest BCUT2D eigenvalue weighted by atomic mass is 16.6. The third-order valence-electron chi connectivity index (χ3n) is 4.03. The molecule has 0 unspecified atom stereocenters. The van der Waals surface area contributed by atoms with Crippen LogP contribution < -0.4 is 0 Å². The van der Waals surface area contributed by atoms with Crippen LogP contribution in [0, 0.1) is 0 Å². The van der Waals surface area contributed by atoms with Gasteiger partial charge in [-0.25, -0.2) is 4.79 Å². The van der Waals surface area contributed by atoms with E-state index in [2.05, 4.69) is 4.98 Å². The predicted octanol–water partition coefficient (Wildman–Crippen LogP) is 0.731. The molecule has 1 aliphatic heterocycles. The lowest BCUT2D eigenvalue weighted by Gasteiger charge is -2.35. The molecule has 136 valence electrons. The summed E-state index contributed by atoms with van der Waals surface area (Å²) in [6.45, 7) is 5.66. The van der Waals surface area contributed by atoms with Crippen molar-refractivity contribution in [2.24, 2.45) is 0 Å². The van der Waals surface area contributed by atoms with Crippen molar-refractivity contribution >= 4 is 17.9 Å². The zero-order chi connectivity index (χ0) is 18.2. The van der Waals surface area contributed by atoms with Crippen LogP contribution in [0.25, 0.3) is 0 Å². The Balaban J connectivity index is 1.87. The molecule has 8 heteroatoms. The van der Waals surface area contributed by atoms with Crippen LogP contribution in [0.1, 0.15) is 19.4 Å². The number of nitrogens with zero attached hydrogens (tertiary/aromatic N) is 4. The molecule has 1 aromatic heterocycles. The van der Waals surface area contributed by atoms with Gasteiger partial charge in [-0.3, -0.25) is 14.6 Å². The molecule has 1 aromatic rings. The molecule has 0 spiro atoms. The van der Waals surface area contributed by atoms with Crippen molar-refractivity contribution in [1.82, 2.24) is 19.7 Å². The lowest BCUT2D eigenvalue weighted by atomic mass is 10.2. The summed E-state index contributed by atoms with van der Waals surface area (Å²) in [5, 5.41) is 0. The van der Waals surface area contributed by atoms with Gasteiger partial charge >= 0.3 is 6.09 Å². The van der Waals surface area contributed by atoms with Crippen LogP contribution in [-0.2, 0) is 20.9 Å². The topological polar surface area (TPSA) is 83.1 Å². The molecule has 1 aliphatic rings. The van der Waals surface area contributed by atoms with Crippen molar-refractivity contribution in [3.05, 3.63) is 30.1 Å². The minimum Gasteiger partial charge on any atom is -0.450 e. The lowest BCUT2D eigenvalue weighted by molar-refractivity contribution is -0.140. The van der Waals surface area contributed by atoms with Crippen molar-refractivity contribution in [2.75, 3.05) is 39.3 Å². The summed E-state index contributed by atoms with van der Waals surface area (Å²) in [6.07, 6.45) is 2.99. The molecule has 0 atom stereocenters. The quantitative estimate of drug-likeness (QED) is 0.783. The number of piperazine rings is 1. The third-order valence-corrected chi connectivity index (χ3v) is 4.03. The number of hydrogen-bond acceptors (Lipinski definition) is 5.